The topological polar surface area (TPSA) is 50.7 Å². The monoisotopic (exact) mass is 426 g/mol. The predicted octanol–water partition coefficient (Wildman–Crippen LogP) is 4.93. The maximum absolute atomic E-state index is 13.6. The summed E-state index contributed by atoms with van der Waals surface area (Å²) in [6, 6.07) is 20.8. The molecular weight excluding hydrogens is 411 g/mol. The summed E-state index contributed by atoms with van der Waals surface area (Å²) < 4.78 is 20.3. The number of carbonyl (C=O) groups excluding carboxylic acids is 1. The van der Waals surface area contributed by atoms with Crippen LogP contribution in [0, 0.1) is 5.82 Å². The smallest absolute Gasteiger partial charge is 0.275 e. The average Bonchev–Trinajstić information content (AvgIpc) is 2.68. The van der Waals surface area contributed by atoms with Crippen molar-refractivity contribution in [3.8, 4) is 5.75 Å². The lowest BCUT2D eigenvalue weighted by Gasteiger charge is -2.10. The number of halogens is 2. The van der Waals surface area contributed by atoms with Gasteiger partial charge in [-0.3, -0.25) is 4.79 Å². The largest absolute Gasteiger partial charge is 0.488 e. The van der Waals surface area contributed by atoms with E-state index in [1.165, 1.54) is 12.3 Å². The molecule has 1 N–H and O–H groups in total. The molecule has 136 valence electrons. The molecule has 6 heteroatoms. The van der Waals surface area contributed by atoms with Gasteiger partial charge in [-0.25, -0.2) is 9.82 Å². The minimum absolute atomic E-state index is 0.289. The van der Waals surface area contributed by atoms with E-state index >= 15 is 0 Å². The molecule has 3 aromatic rings. The highest BCUT2D eigenvalue weighted by molar-refractivity contribution is 9.10. The van der Waals surface area contributed by atoms with Crippen LogP contribution in [0.15, 0.2) is 82.4 Å². The Morgan fingerprint density at radius 1 is 1.07 bits per heavy atom. The Kier molecular flexibility index (Phi) is 6.33. The van der Waals surface area contributed by atoms with Gasteiger partial charge in [-0.2, -0.15) is 5.10 Å². The van der Waals surface area contributed by atoms with E-state index in [9.17, 15) is 9.18 Å². The van der Waals surface area contributed by atoms with E-state index in [-0.39, 0.29) is 5.56 Å². The highest BCUT2D eigenvalue weighted by atomic mass is 79.9. The molecule has 0 aliphatic rings. The third-order valence-electron chi connectivity index (χ3n) is 3.69. The fourth-order valence-electron chi connectivity index (χ4n) is 2.37. The molecule has 0 aliphatic heterocycles. The van der Waals surface area contributed by atoms with Gasteiger partial charge >= 0.3 is 0 Å². The second-order valence-corrected chi connectivity index (χ2v) is 6.55. The van der Waals surface area contributed by atoms with Crippen LogP contribution in [-0.4, -0.2) is 12.1 Å². The Bertz CT molecular complexity index is 976. The molecule has 3 rings (SSSR count). The van der Waals surface area contributed by atoms with Gasteiger partial charge < -0.3 is 4.74 Å². The Balaban J connectivity index is 1.67. The van der Waals surface area contributed by atoms with Crippen LogP contribution >= 0.6 is 15.9 Å². The fourth-order valence-corrected chi connectivity index (χ4v) is 2.82. The number of hydrazone groups is 1. The van der Waals surface area contributed by atoms with E-state index in [0.29, 0.717) is 17.9 Å². The lowest BCUT2D eigenvalue weighted by molar-refractivity contribution is 0.0950. The van der Waals surface area contributed by atoms with E-state index in [2.05, 4.69) is 26.5 Å². The molecular formula is C21H16BrFN2O2. The number of hydrogen-bond acceptors (Lipinski definition) is 3. The maximum Gasteiger partial charge on any atom is 0.275 e. The zero-order valence-corrected chi connectivity index (χ0v) is 15.8. The number of carbonyl (C=O) groups is 1. The fraction of sp³-hybridized carbons (Fsp3) is 0.0476. The molecule has 3 aromatic carbocycles. The molecule has 0 unspecified atom stereocenters. The second kappa shape index (κ2) is 9.09. The van der Waals surface area contributed by atoms with E-state index in [1.807, 2.05) is 24.3 Å². The van der Waals surface area contributed by atoms with Gasteiger partial charge in [0.25, 0.3) is 5.91 Å². The summed E-state index contributed by atoms with van der Waals surface area (Å²) in [5.41, 5.74) is 4.00. The first kappa shape index (κ1) is 18.8. The summed E-state index contributed by atoms with van der Waals surface area (Å²) in [6.45, 7) is 0.322. The quantitative estimate of drug-likeness (QED) is 0.448. The van der Waals surface area contributed by atoms with Gasteiger partial charge in [0.15, 0.2) is 0 Å². The molecule has 0 aliphatic carbocycles. The normalized spacial score (nSPS) is 10.7. The van der Waals surface area contributed by atoms with Crippen LogP contribution in [0.4, 0.5) is 4.39 Å². The average molecular weight is 427 g/mol. The molecule has 4 nitrogen and oxygen atoms in total. The number of hydrogen-bond donors (Lipinski definition) is 1. The van der Waals surface area contributed by atoms with Crippen LogP contribution in [0.2, 0.25) is 0 Å². The third kappa shape index (κ3) is 5.24. The van der Waals surface area contributed by atoms with Crippen LogP contribution in [0.1, 0.15) is 21.5 Å². The zero-order valence-electron chi connectivity index (χ0n) is 14.2. The first-order chi connectivity index (χ1) is 13.1. The highest BCUT2D eigenvalue weighted by Gasteiger charge is 2.11. The van der Waals surface area contributed by atoms with Gasteiger partial charge in [-0.05, 0) is 35.9 Å². The second-order valence-electron chi connectivity index (χ2n) is 5.64. The minimum atomic E-state index is -0.438. The number of nitrogens with one attached hydrogen (secondary N) is 1. The van der Waals surface area contributed by atoms with E-state index < -0.39 is 11.7 Å². The Morgan fingerprint density at radius 2 is 1.85 bits per heavy atom. The molecule has 27 heavy (non-hydrogen) atoms. The molecule has 1 amide bonds. The van der Waals surface area contributed by atoms with Crippen LogP contribution in [-0.2, 0) is 6.61 Å². The Hall–Kier alpha value is -2.99. The SMILES string of the molecule is O=C(N/N=C\c1ccccc1F)c1ccccc1OCc1cccc(Br)c1. The molecule has 0 radical (unpaired) electrons. The van der Waals surface area contributed by atoms with Crippen molar-refractivity contribution < 1.29 is 13.9 Å². The highest BCUT2D eigenvalue weighted by Crippen LogP contribution is 2.20. The van der Waals surface area contributed by atoms with Crippen molar-refractivity contribution in [1.82, 2.24) is 5.43 Å². The molecule has 0 spiro atoms. The summed E-state index contributed by atoms with van der Waals surface area (Å²) in [6.07, 6.45) is 1.26. The lowest BCUT2D eigenvalue weighted by Crippen LogP contribution is -2.18. The number of benzene rings is 3. The lowest BCUT2D eigenvalue weighted by atomic mass is 10.2. The Labute approximate surface area is 164 Å². The standard InChI is InChI=1S/C21H16BrFN2O2/c22-17-8-5-6-15(12-17)14-27-20-11-4-2-9-18(20)21(26)25-24-13-16-7-1-3-10-19(16)23/h1-13H,14H2,(H,25,26)/b24-13-. The molecule has 0 atom stereocenters. The van der Waals surface area contributed by atoms with Gasteiger partial charge in [0.2, 0.25) is 0 Å². The third-order valence-corrected chi connectivity index (χ3v) is 4.18. The summed E-state index contributed by atoms with van der Waals surface area (Å²) >= 11 is 3.42. The molecule has 0 heterocycles. The number of nitrogens with zero attached hydrogens (tertiary/aromatic N) is 1. The summed E-state index contributed by atoms with van der Waals surface area (Å²) in [5, 5.41) is 3.82. The van der Waals surface area contributed by atoms with Gasteiger partial charge in [-0.1, -0.05) is 58.4 Å². The van der Waals surface area contributed by atoms with Gasteiger partial charge in [0, 0.05) is 10.0 Å². The van der Waals surface area contributed by atoms with Crippen LogP contribution in [0.3, 0.4) is 0 Å². The molecule has 0 saturated carbocycles. The molecule has 0 bridgehead atoms. The van der Waals surface area contributed by atoms with Crippen LogP contribution < -0.4 is 10.2 Å². The predicted molar refractivity (Wildman–Crippen MR) is 106 cm³/mol. The van der Waals surface area contributed by atoms with Crippen molar-refractivity contribution in [2.45, 2.75) is 6.61 Å². The summed E-state index contributed by atoms with van der Waals surface area (Å²) in [5.74, 6) is -0.406. The van der Waals surface area contributed by atoms with E-state index in [4.69, 9.17) is 4.74 Å². The number of para-hydroxylation sites is 1. The van der Waals surface area contributed by atoms with Crippen LogP contribution in [0.5, 0.6) is 5.75 Å². The van der Waals surface area contributed by atoms with Crippen molar-refractivity contribution in [3.63, 3.8) is 0 Å². The molecule has 0 aromatic heterocycles. The van der Waals surface area contributed by atoms with E-state index in [0.717, 1.165) is 10.0 Å². The zero-order chi connectivity index (χ0) is 19.1. The maximum atomic E-state index is 13.6. The van der Waals surface area contributed by atoms with Gasteiger partial charge in [0.05, 0.1) is 11.8 Å². The van der Waals surface area contributed by atoms with Crippen molar-refractivity contribution in [1.29, 1.82) is 0 Å². The molecule has 0 fully saturated rings. The Morgan fingerprint density at radius 3 is 2.67 bits per heavy atom. The number of ether oxygens (including phenoxy) is 1. The van der Waals surface area contributed by atoms with Crippen molar-refractivity contribution >= 4 is 28.1 Å². The molecule has 0 saturated heterocycles. The first-order valence-corrected chi connectivity index (χ1v) is 8.97. The van der Waals surface area contributed by atoms with Gasteiger partial charge in [0.1, 0.15) is 18.2 Å². The summed E-state index contributed by atoms with van der Waals surface area (Å²) in [4.78, 5) is 12.4. The van der Waals surface area contributed by atoms with Crippen molar-refractivity contribution in [2.75, 3.05) is 0 Å². The number of rotatable bonds is 6. The van der Waals surface area contributed by atoms with Gasteiger partial charge in [-0.15, -0.1) is 0 Å². The van der Waals surface area contributed by atoms with E-state index in [1.54, 1.807) is 42.5 Å². The van der Waals surface area contributed by atoms with Crippen LogP contribution in [0.25, 0.3) is 0 Å². The number of amides is 1. The minimum Gasteiger partial charge on any atom is -0.488 e. The van der Waals surface area contributed by atoms with Crippen molar-refractivity contribution in [2.24, 2.45) is 5.10 Å². The first-order valence-electron chi connectivity index (χ1n) is 8.17. The van der Waals surface area contributed by atoms with Crippen molar-refractivity contribution in [3.05, 3.63) is 99.8 Å². The summed E-state index contributed by atoms with van der Waals surface area (Å²) in [7, 11) is 0.